The van der Waals surface area contributed by atoms with E-state index >= 15 is 0 Å². The molecule has 0 amide bonds. The maximum absolute atomic E-state index is 11.4. The molecule has 25 heavy (non-hydrogen) atoms. The van der Waals surface area contributed by atoms with Gasteiger partial charge in [-0.3, -0.25) is 0 Å². The standard InChI is InChI=1S/C21H15NO2S/c1-2-3-21(23)24-18-10-8-16(9-11-18)15-4-6-17(7-5-15)20-13-12-19(14-22)25-20/h2-13H,1H3. The van der Waals surface area contributed by atoms with Crippen LogP contribution in [0.2, 0.25) is 0 Å². The lowest BCUT2D eigenvalue weighted by Crippen LogP contribution is -2.03. The van der Waals surface area contributed by atoms with Crippen LogP contribution in [0.25, 0.3) is 21.6 Å². The van der Waals surface area contributed by atoms with Crippen LogP contribution >= 0.6 is 11.3 Å². The van der Waals surface area contributed by atoms with Crippen molar-refractivity contribution >= 4 is 17.3 Å². The second kappa shape index (κ2) is 7.61. The van der Waals surface area contributed by atoms with Gasteiger partial charge in [0, 0.05) is 11.0 Å². The van der Waals surface area contributed by atoms with Crippen LogP contribution in [0.4, 0.5) is 0 Å². The van der Waals surface area contributed by atoms with Crippen molar-refractivity contribution in [3.05, 3.63) is 77.7 Å². The van der Waals surface area contributed by atoms with Gasteiger partial charge in [-0.25, -0.2) is 4.79 Å². The molecule has 0 radical (unpaired) electrons. The number of carbonyl (C=O) groups excluding carboxylic acids is 1. The molecule has 2 aromatic carbocycles. The SMILES string of the molecule is CC=CC(=O)Oc1ccc(-c2ccc(-c3ccc(C#N)s3)cc2)cc1. The fourth-order valence-electron chi connectivity index (χ4n) is 2.38. The van der Waals surface area contributed by atoms with E-state index in [1.807, 2.05) is 48.5 Å². The lowest BCUT2D eigenvalue weighted by Gasteiger charge is -2.05. The fourth-order valence-corrected chi connectivity index (χ4v) is 3.19. The predicted molar refractivity (Wildman–Crippen MR) is 100 cm³/mol. The van der Waals surface area contributed by atoms with Crippen LogP contribution in [0, 0.1) is 11.3 Å². The second-order valence-corrected chi connectivity index (χ2v) is 6.38. The van der Waals surface area contributed by atoms with Crippen LogP contribution in [0.3, 0.4) is 0 Å². The number of allylic oxidation sites excluding steroid dienone is 1. The summed E-state index contributed by atoms with van der Waals surface area (Å²) in [6.45, 7) is 1.77. The van der Waals surface area contributed by atoms with E-state index in [0.717, 1.165) is 21.6 Å². The van der Waals surface area contributed by atoms with Gasteiger partial charge < -0.3 is 4.74 Å². The average Bonchev–Trinajstić information content (AvgIpc) is 3.12. The van der Waals surface area contributed by atoms with Crippen molar-refractivity contribution in [1.29, 1.82) is 5.26 Å². The first-order chi connectivity index (χ1) is 12.2. The topological polar surface area (TPSA) is 50.1 Å². The molecule has 0 aliphatic rings. The van der Waals surface area contributed by atoms with Crippen molar-refractivity contribution in [2.24, 2.45) is 0 Å². The summed E-state index contributed by atoms with van der Waals surface area (Å²) >= 11 is 1.48. The molecule has 3 nitrogen and oxygen atoms in total. The number of esters is 1. The number of nitriles is 1. The molecule has 122 valence electrons. The van der Waals surface area contributed by atoms with E-state index in [9.17, 15) is 4.79 Å². The minimum absolute atomic E-state index is 0.382. The summed E-state index contributed by atoms with van der Waals surface area (Å²) in [6, 6.07) is 21.5. The Kier molecular flexibility index (Phi) is 5.08. The van der Waals surface area contributed by atoms with Crippen LogP contribution in [-0.2, 0) is 4.79 Å². The molecule has 3 aromatic rings. The average molecular weight is 345 g/mol. The molecule has 0 N–H and O–H groups in total. The van der Waals surface area contributed by atoms with Crippen molar-refractivity contribution < 1.29 is 9.53 Å². The number of ether oxygens (including phenoxy) is 1. The molecule has 0 spiro atoms. The molecule has 0 bridgehead atoms. The summed E-state index contributed by atoms with van der Waals surface area (Å²) in [4.78, 5) is 13.2. The summed E-state index contributed by atoms with van der Waals surface area (Å²) < 4.78 is 5.18. The molecule has 1 heterocycles. The molecule has 0 fully saturated rings. The van der Waals surface area contributed by atoms with Crippen molar-refractivity contribution in [3.63, 3.8) is 0 Å². The number of carbonyl (C=O) groups is 1. The zero-order chi connectivity index (χ0) is 17.6. The number of thiophene rings is 1. The van der Waals surface area contributed by atoms with E-state index in [4.69, 9.17) is 10.00 Å². The molecule has 1 aromatic heterocycles. The van der Waals surface area contributed by atoms with Crippen LogP contribution in [0.5, 0.6) is 5.75 Å². The summed E-state index contributed by atoms with van der Waals surface area (Å²) in [5.74, 6) is 0.137. The zero-order valence-electron chi connectivity index (χ0n) is 13.6. The molecule has 4 heteroatoms. The van der Waals surface area contributed by atoms with Gasteiger partial charge in [-0.1, -0.05) is 42.5 Å². The highest BCUT2D eigenvalue weighted by molar-refractivity contribution is 7.16. The van der Waals surface area contributed by atoms with Gasteiger partial charge in [-0.05, 0) is 47.9 Å². The predicted octanol–water partition coefficient (Wildman–Crippen LogP) is 5.44. The molecule has 0 aliphatic heterocycles. The van der Waals surface area contributed by atoms with Crippen molar-refractivity contribution in [2.45, 2.75) is 6.92 Å². The molecule has 0 saturated heterocycles. The van der Waals surface area contributed by atoms with Gasteiger partial charge in [0.15, 0.2) is 0 Å². The third-order valence-corrected chi connectivity index (χ3v) is 4.63. The number of rotatable bonds is 4. The highest BCUT2D eigenvalue weighted by Crippen LogP contribution is 2.30. The maximum Gasteiger partial charge on any atom is 0.335 e. The normalized spacial score (nSPS) is 10.6. The minimum Gasteiger partial charge on any atom is -0.423 e. The Labute approximate surface area is 150 Å². The minimum atomic E-state index is -0.382. The first-order valence-electron chi connectivity index (χ1n) is 7.75. The number of nitrogens with zero attached hydrogens (tertiary/aromatic N) is 1. The van der Waals surface area contributed by atoms with Gasteiger partial charge in [-0.2, -0.15) is 5.26 Å². The second-order valence-electron chi connectivity index (χ2n) is 5.30. The Morgan fingerprint density at radius 1 is 0.960 bits per heavy atom. The highest BCUT2D eigenvalue weighted by Gasteiger charge is 2.05. The zero-order valence-corrected chi connectivity index (χ0v) is 14.4. The smallest absolute Gasteiger partial charge is 0.335 e. The lowest BCUT2D eigenvalue weighted by atomic mass is 10.0. The van der Waals surface area contributed by atoms with Crippen LogP contribution in [-0.4, -0.2) is 5.97 Å². The Morgan fingerprint density at radius 3 is 2.12 bits per heavy atom. The first-order valence-corrected chi connectivity index (χ1v) is 8.56. The molecular formula is C21H15NO2S. The molecule has 0 atom stereocenters. The lowest BCUT2D eigenvalue weighted by molar-refractivity contribution is -0.129. The quantitative estimate of drug-likeness (QED) is 0.360. The van der Waals surface area contributed by atoms with Gasteiger partial charge in [-0.15, -0.1) is 11.3 Å². The number of benzene rings is 2. The van der Waals surface area contributed by atoms with E-state index in [-0.39, 0.29) is 5.97 Å². The number of hydrogen-bond acceptors (Lipinski definition) is 4. The largest absolute Gasteiger partial charge is 0.423 e. The summed E-state index contributed by atoms with van der Waals surface area (Å²) in [6.07, 6.45) is 3.03. The van der Waals surface area contributed by atoms with Gasteiger partial charge in [0.1, 0.15) is 16.7 Å². The van der Waals surface area contributed by atoms with Crippen molar-refractivity contribution in [1.82, 2.24) is 0 Å². The van der Waals surface area contributed by atoms with E-state index in [1.165, 1.54) is 17.4 Å². The van der Waals surface area contributed by atoms with Gasteiger partial charge >= 0.3 is 5.97 Å². The molecule has 0 unspecified atom stereocenters. The first kappa shape index (κ1) is 16.7. The monoisotopic (exact) mass is 345 g/mol. The van der Waals surface area contributed by atoms with E-state index < -0.39 is 0 Å². The van der Waals surface area contributed by atoms with Gasteiger partial charge in [0.05, 0.1) is 0 Å². The molecule has 0 aliphatic carbocycles. The van der Waals surface area contributed by atoms with Crippen molar-refractivity contribution in [3.8, 4) is 33.4 Å². The van der Waals surface area contributed by atoms with Crippen LogP contribution in [0.15, 0.2) is 72.8 Å². The third-order valence-electron chi connectivity index (χ3n) is 3.59. The van der Waals surface area contributed by atoms with E-state index in [2.05, 4.69) is 6.07 Å². The summed E-state index contributed by atoms with van der Waals surface area (Å²) in [5.41, 5.74) is 3.21. The van der Waals surface area contributed by atoms with Crippen LogP contribution in [0.1, 0.15) is 11.8 Å². The third kappa shape index (κ3) is 4.03. The fraction of sp³-hybridized carbons (Fsp3) is 0.0476. The Hall–Kier alpha value is -3.16. The maximum atomic E-state index is 11.4. The van der Waals surface area contributed by atoms with Crippen molar-refractivity contribution in [2.75, 3.05) is 0 Å². The Bertz CT molecular complexity index is 945. The molecular weight excluding hydrogens is 330 g/mol. The number of hydrogen-bond donors (Lipinski definition) is 0. The highest BCUT2D eigenvalue weighted by atomic mass is 32.1. The molecule has 3 rings (SSSR count). The Morgan fingerprint density at radius 2 is 1.56 bits per heavy atom. The molecule has 0 saturated carbocycles. The summed E-state index contributed by atoms with van der Waals surface area (Å²) in [7, 11) is 0. The van der Waals surface area contributed by atoms with E-state index in [0.29, 0.717) is 10.6 Å². The van der Waals surface area contributed by atoms with Gasteiger partial charge in [0.2, 0.25) is 0 Å². The van der Waals surface area contributed by atoms with Crippen LogP contribution < -0.4 is 4.74 Å². The van der Waals surface area contributed by atoms with Gasteiger partial charge in [0.25, 0.3) is 0 Å². The Balaban J connectivity index is 1.76. The van der Waals surface area contributed by atoms with E-state index in [1.54, 1.807) is 25.1 Å². The summed E-state index contributed by atoms with van der Waals surface area (Å²) in [5, 5.41) is 8.92.